The first kappa shape index (κ1) is 16.9. The zero-order valence-corrected chi connectivity index (χ0v) is 12.7. The summed E-state index contributed by atoms with van der Waals surface area (Å²) < 4.78 is 61.3. The normalized spacial score (nSPS) is 12.2. The highest BCUT2D eigenvalue weighted by Crippen LogP contribution is 2.29. The van der Waals surface area contributed by atoms with E-state index in [4.69, 9.17) is 0 Å². The second kappa shape index (κ2) is 5.65. The number of amides is 1. The number of anilines is 1. The number of nitrogens with zero attached hydrogens (tertiary/aromatic N) is 3. The monoisotopic (exact) mass is 348 g/mol. The van der Waals surface area contributed by atoms with Gasteiger partial charge in [0.1, 0.15) is 5.69 Å². The third-order valence-electron chi connectivity index (χ3n) is 2.78. The molecule has 0 aliphatic rings. The van der Waals surface area contributed by atoms with Gasteiger partial charge in [0.25, 0.3) is 5.91 Å². The number of sulfone groups is 1. The molecule has 0 aromatic carbocycles. The molecule has 0 saturated heterocycles. The number of pyridine rings is 1. The predicted molar refractivity (Wildman–Crippen MR) is 73.5 cm³/mol. The minimum atomic E-state index is -4.64. The van der Waals surface area contributed by atoms with Crippen molar-refractivity contribution in [2.45, 2.75) is 11.2 Å². The highest BCUT2D eigenvalue weighted by Gasteiger charge is 2.35. The largest absolute Gasteiger partial charge is 0.433 e. The molecule has 2 rings (SSSR count). The molecular formula is C12H11F3N4O3S. The first-order chi connectivity index (χ1) is 10.5. The first-order valence-corrected chi connectivity index (χ1v) is 7.96. The molecule has 1 N–H and O–H groups in total. The van der Waals surface area contributed by atoms with Crippen molar-refractivity contribution >= 4 is 21.4 Å². The molecule has 0 saturated carbocycles. The second-order valence-electron chi connectivity index (χ2n) is 4.65. The number of carbonyl (C=O) groups is 1. The van der Waals surface area contributed by atoms with Crippen LogP contribution in [0.2, 0.25) is 0 Å². The van der Waals surface area contributed by atoms with Gasteiger partial charge in [0.05, 0.1) is 0 Å². The number of aromatic nitrogens is 3. The van der Waals surface area contributed by atoms with Crippen molar-refractivity contribution in [3.8, 4) is 0 Å². The molecule has 124 valence electrons. The molecule has 0 atom stereocenters. The Morgan fingerprint density at radius 3 is 2.48 bits per heavy atom. The van der Waals surface area contributed by atoms with Crippen LogP contribution in [0.15, 0.2) is 29.4 Å². The highest BCUT2D eigenvalue weighted by atomic mass is 32.2. The van der Waals surface area contributed by atoms with Crippen molar-refractivity contribution < 1.29 is 26.4 Å². The van der Waals surface area contributed by atoms with Crippen LogP contribution in [0, 0.1) is 0 Å². The van der Waals surface area contributed by atoms with Crippen LogP contribution in [-0.2, 0) is 23.1 Å². The lowest BCUT2D eigenvalue weighted by Gasteiger charge is -2.04. The zero-order chi connectivity index (χ0) is 17.4. The van der Waals surface area contributed by atoms with Gasteiger partial charge in [0, 0.05) is 31.3 Å². The Labute approximate surface area is 129 Å². The Morgan fingerprint density at radius 1 is 1.30 bits per heavy atom. The van der Waals surface area contributed by atoms with Gasteiger partial charge in [0.2, 0.25) is 0 Å². The fourth-order valence-electron chi connectivity index (χ4n) is 1.73. The Bertz CT molecular complexity index is 859. The van der Waals surface area contributed by atoms with E-state index in [2.05, 4.69) is 15.4 Å². The van der Waals surface area contributed by atoms with Crippen molar-refractivity contribution in [1.29, 1.82) is 0 Å². The summed E-state index contributed by atoms with van der Waals surface area (Å²) in [5.74, 6) is -0.901. The number of carbonyl (C=O) groups excluding carboxylic acids is 1. The van der Waals surface area contributed by atoms with E-state index in [1.54, 1.807) is 0 Å². The van der Waals surface area contributed by atoms with Gasteiger partial charge in [0.15, 0.2) is 20.6 Å². The van der Waals surface area contributed by atoms with Crippen LogP contribution in [-0.4, -0.2) is 35.3 Å². The molecule has 11 heteroatoms. The zero-order valence-electron chi connectivity index (χ0n) is 11.9. The van der Waals surface area contributed by atoms with Crippen LogP contribution in [0.1, 0.15) is 16.2 Å². The number of nitrogens with one attached hydrogen (secondary N) is 1. The molecule has 0 unspecified atom stereocenters. The maximum absolute atomic E-state index is 12.7. The van der Waals surface area contributed by atoms with Gasteiger partial charge in [-0.3, -0.25) is 9.48 Å². The molecule has 0 bridgehead atoms. The quantitative estimate of drug-likeness (QED) is 0.907. The summed E-state index contributed by atoms with van der Waals surface area (Å²) in [6.07, 6.45) is -2.54. The van der Waals surface area contributed by atoms with Crippen molar-refractivity contribution in [3.05, 3.63) is 35.8 Å². The Balaban J connectivity index is 2.27. The molecule has 0 aliphatic heterocycles. The Kier molecular flexibility index (Phi) is 4.16. The first-order valence-electron chi connectivity index (χ1n) is 6.07. The summed E-state index contributed by atoms with van der Waals surface area (Å²) in [5.41, 5.74) is -1.45. The Hall–Kier alpha value is -2.43. The van der Waals surface area contributed by atoms with Crippen LogP contribution >= 0.6 is 0 Å². The highest BCUT2D eigenvalue weighted by molar-refractivity contribution is 7.90. The molecule has 0 radical (unpaired) electrons. The standard InChI is InChI=1S/C12H11F3N4O3S/c1-19-9(12(13,14)15)6-8(18-19)11(20)17-7-3-4-16-10(5-7)23(2,21)22/h3-6H,1-2H3,(H,16,17,20). The number of rotatable bonds is 3. The average Bonchev–Trinajstić information content (AvgIpc) is 2.80. The van der Waals surface area contributed by atoms with Crippen molar-refractivity contribution in [3.63, 3.8) is 0 Å². The number of hydrogen-bond donors (Lipinski definition) is 1. The van der Waals surface area contributed by atoms with Gasteiger partial charge in [-0.2, -0.15) is 18.3 Å². The molecule has 23 heavy (non-hydrogen) atoms. The van der Waals surface area contributed by atoms with E-state index in [0.29, 0.717) is 10.7 Å². The lowest BCUT2D eigenvalue weighted by molar-refractivity contribution is -0.143. The van der Waals surface area contributed by atoms with Crippen molar-refractivity contribution in [1.82, 2.24) is 14.8 Å². The van der Waals surface area contributed by atoms with E-state index in [9.17, 15) is 26.4 Å². The number of halogens is 3. The van der Waals surface area contributed by atoms with E-state index >= 15 is 0 Å². The van der Waals surface area contributed by atoms with Crippen LogP contribution in [0.5, 0.6) is 0 Å². The summed E-state index contributed by atoms with van der Waals surface area (Å²) in [4.78, 5) is 15.6. The molecule has 7 nitrogen and oxygen atoms in total. The lowest BCUT2D eigenvalue weighted by Crippen LogP contribution is -2.13. The van der Waals surface area contributed by atoms with E-state index in [1.807, 2.05) is 0 Å². The molecule has 2 aromatic heterocycles. The van der Waals surface area contributed by atoms with Gasteiger partial charge in [-0.15, -0.1) is 0 Å². The topological polar surface area (TPSA) is 93.9 Å². The average molecular weight is 348 g/mol. The summed E-state index contributed by atoms with van der Waals surface area (Å²) >= 11 is 0. The third kappa shape index (κ3) is 3.86. The van der Waals surface area contributed by atoms with Crippen LogP contribution in [0.3, 0.4) is 0 Å². The number of alkyl halides is 3. The Morgan fingerprint density at radius 2 is 1.96 bits per heavy atom. The lowest BCUT2D eigenvalue weighted by atomic mass is 10.3. The summed E-state index contributed by atoms with van der Waals surface area (Å²) in [6, 6.07) is 3.01. The minimum absolute atomic E-state index is 0.0737. The third-order valence-corrected chi connectivity index (χ3v) is 3.76. The molecular weight excluding hydrogens is 337 g/mol. The molecule has 0 aliphatic carbocycles. The summed E-state index contributed by atoms with van der Waals surface area (Å²) in [6.45, 7) is 0. The molecule has 1 amide bonds. The van der Waals surface area contributed by atoms with Crippen LogP contribution in [0.4, 0.5) is 18.9 Å². The van der Waals surface area contributed by atoms with Gasteiger partial charge < -0.3 is 5.32 Å². The maximum atomic E-state index is 12.7. The summed E-state index contributed by atoms with van der Waals surface area (Å²) in [7, 11) is -2.52. The second-order valence-corrected chi connectivity index (χ2v) is 6.61. The molecule has 0 spiro atoms. The van der Waals surface area contributed by atoms with Gasteiger partial charge >= 0.3 is 6.18 Å². The smallest absolute Gasteiger partial charge is 0.320 e. The van der Waals surface area contributed by atoms with Gasteiger partial charge in [-0.1, -0.05) is 0 Å². The van der Waals surface area contributed by atoms with Crippen LogP contribution in [0.25, 0.3) is 0 Å². The fraction of sp³-hybridized carbons (Fsp3) is 0.250. The number of aryl methyl sites for hydroxylation is 1. The van der Waals surface area contributed by atoms with Crippen LogP contribution < -0.4 is 5.32 Å². The predicted octanol–water partition coefficient (Wildman–Crippen LogP) is 1.49. The maximum Gasteiger partial charge on any atom is 0.433 e. The van der Waals surface area contributed by atoms with E-state index < -0.39 is 33.3 Å². The summed E-state index contributed by atoms with van der Waals surface area (Å²) in [5, 5.41) is 5.50. The van der Waals surface area contributed by atoms with Crippen molar-refractivity contribution in [2.75, 3.05) is 11.6 Å². The fourth-order valence-corrected chi connectivity index (χ4v) is 2.32. The van der Waals surface area contributed by atoms with E-state index in [1.165, 1.54) is 6.07 Å². The minimum Gasteiger partial charge on any atom is -0.320 e. The number of hydrogen-bond acceptors (Lipinski definition) is 5. The molecule has 0 fully saturated rings. The SMILES string of the molecule is Cn1nc(C(=O)Nc2ccnc(S(C)(=O)=O)c2)cc1C(F)(F)F. The van der Waals surface area contributed by atoms with Crippen molar-refractivity contribution in [2.24, 2.45) is 7.05 Å². The van der Waals surface area contributed by atoms with E-state index in [-0.39, 0.29) is 10.7 Å². The molecule has 2 heterocycles. The van der Waals surface area contributed by atoms with Gasteiger partial charge in [-0.25, -0.2) is 13.4 Å². The van der Waals surface area contributed by atoms with E-state index in [0.717, 1.165) is 25.6 Å². The van der Waals surface area contributed by atoms with Gasteiger partial charge in [-0.05, 0) is 12.1 Å². The molecule has 2 aromatic rings.